The molecule has 0 saturated heterocycles. The lowest BCUT2D eigenvalue weighted by Gasteiger charge is -2.07. The minimum absolute atomic E-state index is 0. The second kappa shape index (κ2) is 11.2. The summed E-state index contributed by atoms with van der Waals surface area (Å²) >= 11 is 0. The molecule has 146 valence electrons. The maximum Gasteiger partial charge on any atom is 0.250 e. The summed E-state index contributed by atoms with van der Waals surface area (Å²) in [4.78, 5) is 20.4. The Bertz CT molecular complexity index is 939. The summed E-state index contributed by atoms with van der Waals surface area (Å²) in [5, 5.41) is 3.10. The summed E-state index contributed by atoms with van der Waals surface area (Å²) in [5.74, 6) is 0.422. The van der Waals surface area contributed by atoms with E-state index in [4.69, 9.17) is 5.73 Å². The van der Waals surface area contributed by atoms with Crippen molar-refractivity contribution in [1.29, 1.82) is 0 Å². The van der Waals surface area contributed by atoms with Crippen LogP contribution in [0.5, 0.6) is 0 Å². The molecule has 0 saturated carbocycles. The molecule has 0 radical (unpaired) electrons. The highest BCUT2D eigenvalue weighted by Gasteiger charge is 1.99. The molecule has 0 atom stereocenters. The van der Waals surface area contributed by atoms with Gasteiger partial charge in [0.15, 0.2) is 5.96 Å². The second-order valence-corrected chi connectivity index (χ2v) is 6.18. The van der Waals surface area contributed by atoms with Gasteiger partial charge in [-0.1, -0.05) is 36.4 Å². The van der Waals surface area contributed by atoms with Crippen LogP contribution in [0.4, 0.5) is 0 Å². The zero-order valence-corrected chi connectivity index (χ0v) is 17.8. The van der Waals surface area contributed by atoms with Crippen molar-refractivity contribution in [2.75, 3.05) is 6.54 Å². The predicted molar refractivity (Wildman–Crippen MR) is 123 cm³/mol. The number of aliphatic imine (C=N–C) groups is 1. The van der Waals surface area contributed by atoms with Gasteiger partial charge in [0.2, 0.25) is 0 Å². The summed E-state index contributed by atoms with van der Waals surface area (Å²) in [6.45, 7) is 1.76. The van der Waals surface area contributed by atoms with Crippen molar-refractivity contribution in [2.24, 2.45) is 10.7 Å². The van der Waals surface area contributed by atoms with Gasteiger partial charge in [0.1, 0.15) is 0 Å². The minimum Gasteiger partial charge on any atom is -0.370 e. The first-order valence-electron chi connectivity index (χ1n) is 8.88. The molecule has 0 unspecified atom stereocenters. The molecule has 3 rings (SSSR count). The van der Waals surface area contributed by atoms with Gasteiger partial charge in [-0.05, 0) is 29.3 Å². The molecule has 28 heavy (non-hydrogen) atoms. The fourth-order valence-corrected chi connectivity index (χ4v) is 2.64. The molecule has 0 amide bonds. The van der Waals surface area contributed by atoms with Crippen LogP contribution in [0.25, 0.3) is 0 Å². The lowest BCUT2D eigenvalue weighted by atomic mass is 10.1. The lowest BCUT2D eigenvalue weighted by Crippen LogP contribution is -2.33. The molecule has 6 nitrogen and oxygen atoms in total. The minimum atomic E-state index is -0.00396. The van der Waals surface area contributed by atoms with Crippen LogP contribution >= 0.6 is 24.0 Å². The first kappa shape index (κ1) is 21.6. The SMILES string of the molecule is I.NC(=NCc1ccc(Cn2ccccc2=O)cc1)NCCc1ccccn1. The number of guanidine groups is 1. The van der Waals surface area contributed by atoms with Gasteiger partial charge in [0.05, 0.1) is 13.1 Å². The molecule has 2 aromatic heterocycles. The summed E-state index contributed by atoms with van der Waals surface area (Å²) in [6.07, 6.45) is 4.37. The fraction of sp³-hybridized carbons (Fsp3) is 0.190. The Morgan fingerprint density at radius 3 is 2.50 bits per heavy atom. The molecule has 0 spiro atoms. The van der Waals surface area contributed by atoms with Gasteiger partial charge in [-0.2, -0.15) is 0 Å². The van der Waals surface area contributed by atoms with Crippen molar-refractivity contribution >= 4 is 29.9 Å². The largest absolute Gasteiger partial charge is 0.370 e. The Morgan fingerprint density at radius 2 is 1.79 bits per heavy atom. The van der Waals surface area contributed by atoms with Crippen LogP contribution in [0.3, 0.4) is 0 Å². The van der Waals surface area contributed by atoms with Crippen LogP contribution in [0, 0.1) is 0 Å². The third-order valence-corrected chi connectivity index (χ3v) is 4.12. The Kier molecular flexibility index (Phi) is 8.67. The van der Waals surface area contributed by atoms with Crippen LogP contribution in [0.2, 0.25) is 0 Å². The number of nitrogens with zero attached hydrogens (tertiary/aromatic N) is 3. The average molecular weight is 489 g/mol. The first-order chi connectivity index (χ1) is 13.2. The number of nitrogens with one attached hydrogen (secondary N) is 1. The van der Waals surface area contributed by atoms with E-state index in [-0.39, 0.29) is 29.5 Å². The predicted octanol–water partition coefficient (Wildman–Crippen LogP) is 2.56. The van der Waals surface area contributed by atoms with E-state index in [1.807, 2.05) is 48.5 Å². The van der Waals surface area contributed by atoms with Crippen LogP contribution in [0.15, 0.2) is 82.8 Å². The summed E-state index contributed by atoms with van der Waals surface area (Å²) in [5.41, 5.74) is 9.06. The van der Waals surface area contributed by atoms with Crippen molar-refractivity contribution in [1.82, 2.24) is 14.9 Å². The lowest BCUT2D eigenvalue weighted by molar-refractivity contribution is 0.759. The van der Waals surface area contributed by atoms with E-state index in [1.54, 1.807) is 29.1 Å². The molecule has 7 heteroatoms. The van der Waals surface area contributed by atoms with Gasteiger partial charge in [0.25, 0.3) is 5.56 Å². The third-order valence-electron chi connectivity index (χ3n) is 4.12. The maximum atomic E-state index is 11.8. The first-order valence-corrected chi connectivity index (χ1v) is 8.88. The molecular formula is C21H24IN5O. The monoisotopic (exact) mass is 489 g/mol. The van der Waals surface area contributed by atoms with Crippen molar-refractivity contribution < 1.29 is 0 Å². The van der Waals surface area contributed by atoms with E-state index in [0.29, 0.717) is 25.6 Å². The molecule has 0 bridgehead atoms. The van der Waals surface area contributed by atoms with Crippen LogP contribution in [0.1, 0.15) is 16.8 Å². The average Bonchev–Trinajstić information content (AvgIpc) is 2.70. The van der Waals surface area contributed by atoms with Gasteiger partial charge in [0, 0.05) is 37.1 Å². The number of nitrogens with two attached hydrogens (primary N) is 1. The molecule has 0 fully saturated rings. The number of aromatic nitrogens is 2. The highest BCUT2D eigenvalue weighted by Crippen LogP contribution is 2.07. The third kappa shape index (κ3) is 6.80. The Balaban J connectivity index is 0.00000280. The van der Waals surface area contributed by atoms with E-state index < -0.39 is 0 Å². The standard InChI is InChI=1S/C21H23N5O.HI/c22-21(24-13-11-19-5-1-3-12-23-19)25-15-17-7-9-18(10-8-17)16-26-14-4-2-6-20(26)27;/h1-10,12,14H,11,13,15-16H2,(H3,22,24,25);1H. The van der Waals surface area contributed by atoms with E-state index in [1.165, 1.54) is 0 Å². The molecule has 3 N–H and O–H groups in total. The quantitative estimate of drug-likeness (QED) is 0.304. The van der Waals surface area contributed by atoms with Crippen LogP contribution < -0.4 is 16.6 Å². The van der Waals surface area contributed by atoms with E-state index >= 15 is 0 Å². The van der Waals surface area contributed by atoms with E-state index in [9.17, 15) is 4.79 Å². The number of hydrogen-bond donors (Lipinski definition) is 2. The Morgan fingerprint density at radius 1 is 1.04 bits per heavy atom. The number of benzene rings is 1. The topological polar surface area (TPSA) is 85.3 Å². The van der Waals surface area contributed by atoms with Crippen molar-refractivity contribution in [3.8, 4) is 0 Å². The molecule has 0 aliphatic carbocycles. The molecule has 2 heterocycles. The molecule has 0 aliphatic rings. The van der Waals surface area contributed by atoms with Crippen molar-refractivity contribution in [3.05, 3.63) is 100 Å². The zero-order valence-electron chi connectivity index (χ0n) is 15.5. The molecule has 1 aromatic carbocycles. The Hall–Kier alpha value is -2.68. The summed E-state index contributed by atoms with van der Waals surface area (Å²) in [6, 6.07) is 19.1. The summed E-state index contributed by atoms with van der Waals surface area (Å²) < 4.78 is 1.68. The van der Waals surface area contributed by atoms with Gasteiger partial charge < -0.3 is 15.6 Å². The Labute approximate surface area is 181 Å². The molecule has 0 aliphatic heterocycles. The fourth-order valence-electron chi connectivity index (χ4n) is 2.64. The maximum absolute atomic E-state index is 11.8. The summed E-state index contributed by atoms with van der Waals surface area (Å²) in [7, 11) is 0. The number of pyridine rings is 2. The van der Waals surface area contributed by atoms with Crippen LogP contribution in [-0.2, 0) is 19.5 Å². The highest BCUT2D eigenvalue weighted by molar-refractivity contribution is 14.0. The van der Waals surface area contributed by atoms with E-state index in [2.05, 4.69) is 15.3 Å². The van der Waals surface area contributed by atoms with Gasteiger partial charge in [-0.3, -0.25) is 9.78 Å². The van der Waals surface area contributed by atoms with Crippen LogP contribution in [-0.4, -0.2) is 22.1 Å². The van der Waals surface area contributed by atoms with Crippen molar-refractivity contribution in [2.45, 2.75) is 19.5 Å². The van der Waals surface area contributed by atoms with Gasteiger partial charge >= 0.3 is 0 Å². The molecular weight excluding hydrogens is 465 g/mol. The van der Waals surface area contributed by atoms with Gasteiger partial charge in [-0.15, -0.1) is 24.0 Å². The zero-order chi connectivity index (χ0) is 18.9. The number of rotatable bonds is 7. The highest BCUT2D eigenvalue weighted by atomic mass is 127. The number of halogens is 1. The smallest absolute Gasteiger partial charge is 0.250 e. The number of hydrogen-bond acceptors (Lipinski definition) is 3. The van der Waals surface area contributed by atoms with Crippen molar-refractivity contribution in [3.63, 3.8) is 0 Å². The second-order valence-electron chi connectivity index (χ2n) is 6.18. The van der Waals surface area contributed by atoms with Gasteiger partial charge in [-0.25, -0.2) is 4.99 Å². The molecule has 3 aromatic rings. The van der Waals surface area contributed by atoms with E-state index in [0.717, 1.165) is 23.2 Å². The normalized spacial score (nSPS) is 10.9.